The lowest BCUT2D eigenvalue weighted by Crippen LogP contribution is -2.40. The molecule has 1 aromatic carbocycles. The number of hydrogen-bond donors (Lipinski definition) is 2. The summed E-state index contributed by atoms with van der Waals surface area (Å²) < 4.78 is 45.6. The minimum absolute atomic E-state index is 0. The summed E-state index contributed by atoms with van der Waals surface area (Å²) >= 11 is 0. The van der Waals surface area contributed by atoms with Crippen LogP contribution in [0.3, 0.4) is 0 Å². The van der Waals surface area contributed by atoms with Crippen LogP contribution in [-0.2, 0) is 4.74 Å². The van der Waals surface area contributed by atoms with Gasteiger partial charge in [-0.1, -0.05) is 12.1 Å². The number of ether oxygens (including phenoxy) is 2. The Morgan fingerprint density at radius 2 is 2.04 bits per heavy atom. The van der Waals surface area contributed by atoms with Crippen molar-refractivity contribution in [3.05, 3.63) is 29.8 Å². The molecule has 2 unspecified atom stereocenters. The lowest BCUT2D eigenvalue weighted by molar-refractivity contribution is -0.274. The number of alkyl halides is 3. The molecule has 160 valence electrons. The fraction of sp³-hybridized carbons (Fsp3) is 0.611. The molecule has 2 rings (SSSR count). The van der Waals surface area contributed by atoms with E-state index in [1.54, 1.807) is 7.11 Å². The summed E-state index contributed by atoms with van der Waals surface area (Å²) in [5, 5.41) is 13.5. The van der Waals surface area contributed by atoms with Crippen molar-refractivity contribution in [1.82, 2.24) is 10.2 Å². The predicted octanol–water partition coefficient (Wildman–Crippen LogP) is 3.17. The summed E-state index contributed by atoms with van der Waals surface area (Å²) in [6.07, 6.45) is -4.64. The van der Waals surface area contributed by atoms with Gasteiger partial charge in [-0.2, -0.15) is 0 Å². The number of nitrogens with zero attached hydrogens (tertiary/aromatic N) is 2. The smallest absolute Gasteiger partial charge is 0.406 e. The number of halogens is 4. The molecule has 0 bridgehead atoms. The van der Waals surface area contributed by atoms with Gasteiger partial charge in [0.05, 0.1) is 19.3 Å². The monoisotopic (exact) mass is 517 g/mol. The molecule has 1 fully saturated rings. The number of aliphatic hydroxyl groups excluding tert-OH is 1. The highest BCUT2D eigenvalue weighted by molar-refractivity contribution is 14.0. The number of aliphatic imine (C=N–C) groups is 1. The molecular formula is C18H27F3IN3O3. The fourth-order valence-electron chi connectivity index (χ4n) is 2.99. The molecule has 2 atom stereocenters. The van der Waals surface area contributed by atoms with Gasteiger partial charge in [-0.15, -0.1) is 37.1 Å². The quantitative estimate of drug-likeness (QED) is 0.331. The van der Waals surface area contributed by atoms with E-state index in [1.165, 1.54) is 24.3 Å². The van der Waals surface area contributed by atoms with Crippen LogP contribution in [0.25, 0.3) is 0 Å². The zero-order valence-corrected chi connectivity index (χ0v) is 18.2. The number of aliphatic hydroxyl groups is 1. The zero-order valence-electron chi connectivity index (χ0n) is 15.9. The van der Waals surface area contributed by atoms with E-state index in [2.05, 4.69) is 19.9 Å². The van der Waals surface area contributed by atoms with Crippen LogP contribution >= 0.6 is 24.0 Å². The van der Waals surface area contributed by atoms with Crippen LogP contribution in [-0.4, -0.2) is 62.2 Å². The van der Waals surface area contributed by atoms with Crippen molar-refractivity contribution < 1.29 is 27.8 Å². The van der Waals surface area contributed by atoms with Crippen molar-refractivity contribution in [2.24, 2.45) is 10.9 Å². The Morgan fingerprint density at radius 3 is 2.61 bits per heavy atom. The van der Waals surface area contributed by atoms with E-state index >= 15 is 0 Å². The number of nitrogens with one attached hydrogen (secondary N) is 1. The number of rotatable bonds is 7. The molecule has 0 radical (unpaired) electrons. The van der Waals surface area contributed by atoms with E-state index in [4.69, 9.17) is 4.74 Å². The van der Waals surface area contributed by atoms with Crippen LogP contribution in [0.2, 0.25) is 0 Å². The summed E-state index contributed by atoms with van der Waals surface area (Å²) in [6, 6.07) is 5.16. The Morgan fingerprint density at radius 1 is 1.36 bits per heavy atom. The molecule has 1 saturated heterocycles. The summed E-state index contributed by atoms with van der Waals surface area (Å²) in [5.74, 6) is 0.841. The van der Waals surface area contributed by atoms with Crippen molar-refractivity contribution in [2.45, 2.75) is 25.8 Å². The highest BCUT2D eigenvalue weighted by Crippen LogP contribution is 2.24. The number of guanidine groups is 1. The first kappa shape index (κ1) is 24.8. The summed E-state index contributed by atoms with van der Waals surface area (Å²) in [5.41, 5.74) is 0.475. The molecule has 1 aliphatic heterocycles. The highest BCUT2D eigenvalue weighted by atomic mass is 127. The standard InChI is InChI=1S/C18H26F3N3O3.HI/c1-3-22-17(24-9-8-13(11-24)12-26-2)23-10-16(25)14-4-6-15(7-5-14)27-18(19,20)21;/h4-7,13,16,25H,3,8-12H2,1-2H3,(H,22,23);1H. The van der Waals surface area contributed by atoms with Crippen LogP contribution < -0.4 is 10.1 Å². The molecule has 0 spiro atoms. The topological polar surface area (TPSA) is 66.3 Å². The molecule has 1 aromatic rings. The van der Waals surface area contributed by atoms with Crippen molar-refractivity contribution >= 4 is 29.9 Å². The highest BCUT2D eigenvalue weighted by Gasteiger charge is 2.31. The van der Waals surface area contributed by atoms with Crippen molar-refractivity contribution in [2.75, 3.05) is 39.9 Å². The van der Waals surface area contributed by atoms with Gasteiger partial charge in [0.15, 0.2) is 5.96 Å². The van der Waals surface area contributed by atoms with Crippen molar-refractivity contribution in [1.29, 1.82) is 0 Å². The van der Waals surface area contributed by atoms with Crippen LogP contribution in [0.1, 0.15) is 25.0 Å². The Balaban J connectivity index is 0.00000392. The minimum Gasteiger partial charge on any atom is -0.406 e. The second-order valence-corrected chi connectivity index (χ2v) is 6.38. The normalized spacial score (nSPS) is 18.6. The molecule has 1 heterocycles. The third kappa shape index (κ3) is 8.00. The molecule has 6 nitrogen and oxygen atoms in total. The third-order valence-electron chi connectivity index (χ3n) is 4.24. The second-order valence-electron chi connectivity index (χ2n) is 6.38. The maximum atomic E-state index is 12.2. The van der Waals surface area contributed by atoms with E-state index in [9.17, 15) is 18.3 Å². The second kappa shape index (κ2) is 11.7. The summed E-state index contributed by atoms with van der Waals surface area (Å²) in [4.78, 5) is 6.60. The Labute approximate surface area is 180 Å². The number of benzene rings is 1. The Hall–Kier alpha value is -1.27. The molecule has 0 amide bonds. The first-order valence-corrected chi connectivity index (χ1v) is 8.88. The zero-order chi connectivity index (χ0) is 19.9. The van der Waals surface area contributed by atoms with Crippen LogP contribution in [0.5, 0.6) is 5.75 Å². The van der Waals surface area contributed by atoms with E-state index < -0.39 is 12.5 Å². The molecule has 1 aliphatic rings. The van der Waals surface area contributed by atoms with Gasteiger partial charge in [-0.25, -0.2) is 0 Å². The van der Waals surface area contributed by atoms with Gasteiger partial charge in [0.25, 0.3) is 0 Å². The predicted molar refractivity (Wildman–Crippen MR) is 111 cm³/mol. The molecule has 10 heteroatoms. The average molecular weight is 517 g/mol. The minimum atomic E-state index is -4.73. The van der Waals surface area contributed by atoms with Gasteiger partial charge >= 0.3 is 6.36 Å². The first-order valence-electron chi connectivity index (χ1n) is 8.88. The van der Waals surface area contributed by atoms with Crippen molar-refractivity contribution in [3.63, 3.8) is 0 Å². The number of methoxy groups -OCH3 is 1. The van der Waals surface area contributed by atoms with Crippen LogP contribution in [0.4, 0.5) is 13.2 Å². The maximum absolute atomic E-state index is 12.2. The van der Waals surface area contributed by atoms with Gasteiger partial charge in [0, 0.05) is 32.7 Å². The number of likely N-dealkylation sites (tertiary alicyclic amines) is 1. The van der Waals surface area contributed by atoms with Gasteiger partial charge in [0.1, 0.15) is 5.75 Å². The van der Waals surface area contributed by atoms with Crippen LogP contribution in [0, 0.1) is 5.92 Å². The summed E-state index contributed by atoms with van der Waals surface area (Å²) in [7, 11) is 1.68. The van der Waals surface area contributed by atoms with Gasteiger partial charge < -0.3 is 24.8 Å². The maximum Gasteiger partial charge on any atom is 0.573 e. The number of hydrogen-bond acceptors (Lipinski definition) is 4. The largest absolute Gasteiger partial charge is 0.573 e. The van der Waals surface area contributed by atoms with E-state index in [1.807, 2.05) is 6.92 Å². The lowest BCUT2D eigenvalue weighted by atomic mass is 10.1. The fourth-order valence-corrected chi connectivity index (χ4v) is 2.99. The van der Waals surface area contributed by atoms with E-state index in [0.29, 0.717) is 30.6 Å². The SMILES string of the molecule is CCNC(=NCC(O)c1ccc(OC(F)(F)F)cc1)N1CCC(COC)C1.I. The van der Waals surface area contributed by atoms with E-state index in [0.717, 1.165) is 19.5 Å². The lowest BCUT2D eigenvalue weighted by Gasteiger charge is -2.22. The van der Waals surface area contributed by atoms with Crippen molar-refractivity contribution in [3.8, 4) is 5.75 Å². The third-order valence-corrected chi connectivity index (χ3v) is 4.24. The average Bonchev–Trinajstić information content (AvgIpc) is 3.06. The van der Waals surface area contributed by atoms with Crippen LogP contribution in [0.15, 0.2) is 29.3 Å². The summed E-state index contributed by atoms with van der Waals surface area (Å²) in [6.45, 7) is 5.16. The molecule has 0 aliphatic carbocycles. The van der Waals surface area contributed by atoms with Gasteiger partial charge in [-0.05, 0) is 31.0 Å². The molecular weight excluding hydrogens is 490 g/mol. The van der Waals surface area contributed by atoms with Gasteiger partial charge in [0.2, 0.25) is 0 Å². The Bertz CT molecular complexity index is 614. The van der Waals surface area contributed by atoms with Gasteiger partial charge in [-0.3, -0.25) is 4.99 Å². The molecule has 28 heavy (non-hydrogen) atoms. The molecule has 0 saturated carbocycles. The Kier molecular flexibility index (Phi) is 10.3. The first-order chi connectivity index (χ1) is 12.8. The van der Waals surface area contributed by atoms with E-state index in [-0.39, 0.29) is 36.3 Å². The molecule has 2 N–H and O–H groups in total. The molecule has 0 aromatic heterocycles.